The topological polar surface area (TPSA) is 41.5 Å². The van der Waals surface area contributed by atoms with E-state index >= 15 is 0 Å². The second-order valence-electron chi connectivity index (χ2n) is 4.50. The van der Waals surface area contributed by atoms with Crippen molar-refractivity contribution in [2.75, 3.05) is 25.6 Å². The zero-order chi connectivity index (χ0) is 12.8. The number of aliphatic hydroxyl groups excluding tert-OH is 1. The van der Waals surface area contributed by atoms with E-state index in [1.165, 1.54) is 11.1 Å². The quantitative estimate of drug-likeness (QED) is 0.799. The molecule has 0 saturated carbocycles. The van der Waals surface area contributed by atoms with Crippen LogP contribution in [0.3, 0.4) is 0 Å². The number of aryl methyl sites for hydroxylation is 2. The van der Waals surface area contributed by atoms with Crippen molar-refractivity contribution in [1.82, 2.24) is 0 Å². The summed E-state index contributed by atoms with van der Waals surface area (Å²) in [5.74, 6) is 1.16. The number of aliphatic hydroxyl groups is 1. The summed E-state index contributed by atoms with van der Waals surface area (Å²) in [6, 6.07) is 4.15. The van der Waals surface area contributed by atoms with Gasteiger partial charge in [-0.3, -0.25) is 0 Å². The molecular formula is C14H23NO2. The minimum atomic E-state index is 0.219. The first kappa shape index (κ1) is 13.8. The maximum Gasteiger partial charge on any atom is 0.142 e. The smallest absolute Gasteiger partial charge is 0.142 e. The van der Waals surface area contributed by atoms with Gasteiger partial charge < -0.3 is 15.2 Å². The molecule has 3 nitrogen and oxygen atoms in total. The molecule has 1 unspecified atom stereocenters. The van der Waals surface area contributed by atoms with Crippen molar-refractivity contribution >= 4 is 5.69 Å². The lowest BCUT2D eigenvalue weighted by Gasteiger charge is -2.18. The fourth-order valence-corrected chi connectivity index (χ4v) is 1.90. The van der Waals surface area contributed by atoms with Gasteiger partial charge in [-0.05, 0) is 43.4 Å². The Balaban J connectivity index is 2.82. The molecule has 0 aliphatic rings. The monoisotopic (exact) mass is 237 g/mol. The molecule has 0 radical (unpaired) electrons. The van der Waals surface area contributed by atoms with Gasteiger partial charge in [0.2, 0.25) is 0 Å². The second-order valence-corrected chi connectivity index (χ2v) is 4.50. The lowest BCUT2D eigenvalue weighted by atomic mass is 10.1. The summed E-state index contributed by atoms with van der Waals surface area (Å²) in [5, 5.41) is 12.5. The molecule has 17 heavy (non-hydrogen) atoms. The van der Waals surface area contributed by atoms with Gasteiger partial charge in [-0.15, -0.1) is 0 Å². The van der Waals surface area contributed by atoms with E-state index in [4.69, 9.17) is 4.74 Å². The van der Waals surface area contributed by atoms with E-state index < -0.39 is 0 Å². The first-order valence-corrected chi connectivity index (χ1v) is 6.12. The maximum atomic E-state index is 9.17. The molecule has 0 aromatic heterocycles. The van der Waals surface area contributed by atoms with Crippen molar-refractivity contribution in [3.8, 4) is 5.75 Å². The zero-order valence-electron chi connectivity index (χ0n) is 11.2. The van der Waals surface area contributed by atoms with Crippen LogP contribution in [-0.4, -0.2) is 25.4 Å². The van der Waals surface area contributed by atoms with Gasteiger partial charge in [0.15, 0.2) is 0 Å². The van der Waals surface area contributed by atoms with Crippen LogP contribution in [-0.2, 0) is 0 Å². The van der Waals surface area contributed by atoms with Crippen LogP contribution in [0.4, 0.5) is 5.69 Å². The van der Waals surface area contributed by atoms with Crippen molar-refractivity contribution in [2.24, 2.45) is 5.92 Å². The Kier molecular flexibility index (Phi) is 5.29. The number of ether oxygens (including phenoxy) is 1. The predicted molar refractivity (Wildman–Crippen MR) is 71.8 cm³/mol. The Hall–Kier alpha value is -1.22. The van der Waals surface area contributed by atoms with Gasteiger partial charge in [0.1, 0.15) is 5.75 Å². The van der Waals surface area contributed by atoms with Gasteiger partial charge in [0.05, 0.1) is 12.8 Å². The first-order chi connectivity index (χ1) is 8.12. The summed E-state index contributed by atoms with van der Waals surface area (Å²) in [5.41, 5.74) is 3.40. The number of rotatable bonds is 6. The van der Waals surface area contributed by atoms with Crippen molar-refractivity contribution in [1.29, 1.82) is 0 Å². The number of anilines is 1. The third-order valence-electron chi connectivity index (χ3n) is 3.07. The van der Waals surface area contributed by atoms with Crippen molar-refractivity contribution < 1.29 is 9.84 Å². The van der Waals surface area contributed by atoms with E-state index in [1.54, 1.807) is 7.11 Å². The minimum absolute atomic E-state index is 0.219. The molecule has 0 amide bonds. The Bertz CT molecular complexity index is 359. The van der Waals surface area contributed by atoms with Gasteiger partial charge in [-0.2, -0.15) is 0 Å². The summed E-state index contributed by atoms with van der Waals surface area (Å²) in [4.78, 5) is 0. The third-order valence-corrected chi connectivity index (χ3v) is 3.07. The minimum Gasteiger partial charge on any atom is -0.495 e. The van der Waals surface area contributed by atoms with Crippen LogP contribution in [0.2, 0.25) is 0 Å². The number of hydrogen-bond acceptors (Lipinski definition) is 3. The van der Waals surface area contributed by atoms with Crippen molar-refractivity contribution in [3.63, 3.8) is 0 Å². The molecule has 0 aliphatic heterocycles. The highest BCUT2D eigenvalue weighted by Gasteiger charge is 2.10. The lowest BCUT2D eigenvalue weighted by molar-refractivity contribution is 0.230. The van der Waals surface area contributed by atoms with Crippen LogP contribution in [0.5, 0.6) is 5.75 Å². The molecule has 0 fully saturated rings. The summed E-state index contributed by atoms with van der Waals surface area (Å²) in [6.45, 7) is 7.20. The number of benzene rings is 1. The largest absolute Gasteiger partial charge is 0.495 e. The number of methoxy groups -OCH3 is 1. The third kappa shape index (κ3) is 3.63. The molecule has 2 N–H and O–H groups in total. The van der Waals surface area contributed by atoms with E-state index in [0.717, 1.165) is 24.4 Å². The van der Waals surface area contributed by atoms with E-state index in [9.17, 15) is 5.11 Å². The predicted octanol–water partition coefficient (Wildman–Crippen LogP) is 2.74. The summed E-state index contributed by atoms with van der Waals surface area (Å²) in [6.07, 6.45) is 0.969. The molecule has 1 aromatic carbocycles. The summed E-state index contributed by atoms with van der Waals surface area (Å²) in [7, 11) is 1.68. The van der Waals surface area contributed by atoms with E-state index in [-0.39, 0.29) is 6.61 Å². The first-order valence-electron chi connectivity index (χ1n) is 6.12. The molecular weight excluding hydrogens is 214 g/mol. The average Bonchev–Trinajstić information content (AvgIpc) is 2.31. The maximum absolute atomic E-state index is 9.17. The Morgan fingerprint density at radius 1 is 1.35 bits per heavy atom. The van der Waals surface area contributed by atoms with E-state index in [1.807, 2.05) is 6.07 Å². The highest BCUT2D eigenvalue weighted by molar-refractivity contribution is 5.63. The molecule has 3 heteroatoms. The molecule has 1 rings (SSSR count). The van der Waals surface area contributed by atoms with E-state index in [2.05, 4.69) is 32.2 Å². The van der Waals surface area contributed by atoms with Crippen LogP contribution >= 0.6 is 0 Å². The number of hydrogen-bond donors (Lipinski definition) is 2. The lowest BCUT2D eigenvalue weighted by Crippen LogP contribution is -2.18. The fraction of sp³-hybridized carbons (Fsp3) is 0.571. The second kappa shape index (κ2) is 6.50. The summed E-state index contributed by atoms with van der Waals surface area (Å²) >= 11 is 0. The molecule has 1 aromatic rings. The van der Waals surface area contributed by atoms with Crippen LogP contribution in [0.25, 0.3) is 0 Å². The molecule has 1 atom stereocenters. The fourth-order valence-electron chi connectivity index (χ4n) is 1.90. The standard InChI is InChI=1S/C14H23NO2/c1-5-12(9-16)8-15-14-11(3)6-10(2)7-13(14)17-4/h6-7,12,15-16H,5,8-9H2,1-4H3. The summed E-state index contributed by atoms with van der Waals surface area (Å²) < 4.78 is 5.38. The SMILES string of the molecule is CCC(CO)CNc1c(C)cc(C)cc1OC. The van der Waals surface area contributed by atoms with Gasteiger partial charge in [0, 0.05) is 13.2 Å². The van der Waals surface area contributed by atoms with Gasteiger partial charge >= 0.3 is 0 Å². The Morgan fingerprint density at radius 2 is 2.06 bits per heavy atom. The van der Waals surface area contributed by atoms with E-state index in [0.29, 0.717) is 5.92 Å². The van der Waals surface area contributed by atoms with Crippen molar-refractivity contribution in [2.45, 2.75) is 27.2 Å². The average molecular weight is 237 g/mol. The van der Waals surface area contributed by atoms with Crippen LogP contribution in [0.15, 0.2) is 12.1 Å². The van der Waals surface area contributed by atoms with Gasteiger partial charge in [-0.25, -0.2) is 0 Å². The Labute approximate surface area is 104 Å². The van der Waals surface area contributed by atoms with Crippen LogP contribution in [0, 0.1) is 19.8 Å². The van der Waals surface area contributed by atoms with Crippen LogP contribution in [0.1, 0.15) is 24.5 Å². The molecule has 96 valence electrons. The molecule has 0 aliphatic carbocycles. The highest BCUT2D eigenvalue weighted by atomic mass is 16.5. The molecule has 0 saturated heterocycles. The molecule has 0 spiro atoms. The van der Waals surface area contributed by atoms with Crippen molar-refractivity contribution in [3.05, 3.63) is 23.3 Å². The van der Waals surface area contributed by atoms with Crippen LogP contribution < -0.4 is 10.1 Å². The van der Waals surface area contributed by atoms with Gasteiger partial charge in [-0.1, -0.05) is 13.0 Å². The number of nitrogens with one attached hydrogen (secondary N) is 1. The highest BCUT2D eigenvalue weighted by Crippen LogP contribution is 2.29. The van der Waals surface area contributed by atoms with Gasteiger partial charge in [0.25, 0.3) is 0 Å². The molecule has 0 bridgehead atoms. The zero-order valence-corrected chi connectivity index (χ0v) is 11.2. The Morgan fingerprint density at radius 3 is 2.59 bits per heavy atom. The molecule has 0 heterocycles. The normalized spacial score (nSPS) is 12.3.